The van der Waals surface area contributed by atoms with Crippen molar-refractivity contribution in [3.05, 3.63) is 10.4 Å². The maximum absolute atomic E-state index is 12.1. The second-order valence-electron chi connectivity index (χ2n) is 6.34. The molecule has 0 bridgehead atoms. The summed E-state index contributed by atoms with van der Waals surface area (Å²) >= 11 is 0. The van der Waals surface area contributed by atoms with Crippen molar-refractivity contribution in [2.75, 3.05) is 13.1 Å². The Labute approximate surface area is 115 Å². The van der Waals surface area contributed by atoms with Crippen LogP contribution in [0, 0.1) is 17.8 Å². The molecule has 0 aromatic heterocycles. The van der Waals surface area contributed by atoms with E-state index in [1.165, 1.54) is 12.8 Å². The minimum Gasteiger partial charge on any atom is -0.339 e. The van der Waals surface area contributed by atoms with Gasteiger partial charge in [-0.3, -0.25) is 4.79 Å². The molecule has 2 fully saturated rings. The van der Waals surface area contributed by atoms with Gasteiger partial charge >= 0.3 is 0 Å². The number of nitrogens with zero attached hydrogens (tertiary/aromatic N) is 4. The molecule has 5 nitrogen and oxygen atoms in total. The van der Waals surface area contributed by atoms with Gasteiger partial charge in [0.2, 0.25) is 5.91 Å². The molecule has 19 heavy (non-hydrogen) atoms. The topological polar surface area (TPSA) is 69.1 Å². The van der Waals surface area contributed by atoms with Crippen molar-refractivity contribution in [1.82, 2.24) is 4.90 Å². The van der Waals surface area contributed by atoms with Gasteiger partial charge in [-0.15, -0.1) is 0 Å². The van der Waals surface area contributed by atoms with Gasteiger partial charge < -0.3 is 4.90 Å². The molecule has 1 saturated carbocycles. The van der Waals surface area contributed by atoms with Gasteiger partial charge in [0.05, 0.1) is 0 Å². The average Bonchev–Trinajstić information content (AvgIpc) is 2.77. The molecular weight excluding hydrogens is 240 g/mol. The molecule has 1 aliphatic heterocycles. The predicted molar refractivity (Wildman–Crippen MR) is 74.4 cm³/mol. The Morgan fingerprint density at radius 3 is 2.63 bits per heavy atom. The summed E-state index contributed by atoms with van der Waals surface area (Å²) in [5, 5.41) is 3.60. The van der Waals surface area contributed by atoms with E-state index in [-0.39, 0.29) is 11.8 Å². The van der Waals surface area contributed by atoms with E-state index in [0.29, 0.717) is 19.0 Å². The van der Waals surface area contributed by atoms with E-state index in [1.807, 2.05) is 4.90 Å². The van der Waals surface area contributed by atoms with Gasteiger partial charge in [0, 0.05) is 30.5 Å². The fourth-order valence-electron chi connectivity index (χ4n) is 3.52. The Kier molecular flexibility index (Phi) is 4.70. The quantitative estimate of drug-likeness (QED) is 0.436. The SMILES string of the molecule is CC(C)C1CCC(N2CC(CN=[N+]=[N-])CC2=O)CC1. The van der Waals surface area contributed by atoms with Crippen LogP contribution in [-0.2, 0) is 4.79 Å². The standard InChI is InChI=1S/C14H24N4O/c1-10(2)12-3-5-13(6-4-12)18-9-11(7-14(18)19)8-16-17-15/h10-13H,3-9H2,1-2H3. The molecule has 1 saturated heterocycles. The van der Waals surface area contributed by atoms with Crippen LogP contribution in [0.1, 0.15) is 46.0 Å². The first kappa shape index (κ1) is 14.2. The van der Waals surface area contributed by atoms with E-state index < -0.39 is 0 Å². The second kappa shape index (κ2) is 6.29. The van der Waals surface area contributed by atoms with E-state index in [9.17, 15) is 4.79 Å². The largest absolute Gasteiger partial charge is 0.339 e. The summed E-state index contributed by atoms with van der Waals surface area (Å²) in [4.78, 5) is 16.9. The van der Waals surface area contributed by atoms with Crippen LogP contribution in [-0.4, -0.2) is 29.9 Å². The van der Waals surface area contributed by atoms with E-state index in [1.54, 1.807) is 0 Å². The van der Waals surface area contributed by atoms with Crippen LogP contribution >= 0.6 is 0 Å². The van der Waals surface area contributed by atoms with Gasteiger partial charge in [-0.2, -0.15) is 0 Å². The van der Waals surface area contributed by atoms with Crippen LogP contribution in [0.2, 0.25) is 0 Å². The lowest BCUT2D eigenvalue weighted by atomic mass is 9.79. The fourth-order valence-corrected chi connectivity index (χ4v) is 3.52. The molecule has 5 heteroatoms. The van der Waals surface area contributed by atoms with Crippen molar-refractivity contribution in [3.8, 4) is 0 Å². The number of hydrogen-bond donors (Lipinski definition) is 0. The highest BCUT2D eigenvalue weighted by Gasteiger charge is 2.36. The lowest BCUT2D eigenvalue weighted by Crippen LogP contribution is -2.39. The van der Waals surface area contributed by atoms with Crippen LogP contribution < -0.4 is 0 Å². The van der Waals surface area contributed by atoms with Crippen molar-refractivity contribution in [2.45, 2.75) is 52.0 Å². The Hall–Kier alpha value is -1.22. The second-order valence-corrected chi connectivity index (χ2v) is 6.34. The number of likely N-dealkylation sites (tertiary alicyclic amines) is 1. The van der Waals surface area contributed by atoms with Crippen LogP contribution in [0.5, 0.6) is 0 Å². The first-order chi connectivity index (χ1) is 9.11. The van der Waals surface area contributed by atoms with Gasteiger partial charge in [-0.25, -0.2) is 0 Å². The molecule has 0 radical (unpaired) electrons. The molecule has 1 amide bonds. The van der Waals surface area contributed by atoms with Crippen molar-refractivity contribution >= 4 is 5.91 Å². The van der Waals surface area contributed by atoms with E-state index in [2.05, 4.69) is 23.9 Å². The summed E-state index contributed by atoms with van der Waals surface area (Å²) < 4.78 is 0. The van der Waals surface area contributed by atoms with Gasteiger partial charge in [0.1, 0.15) is 0 Å². The highest BCUT2D eigenvalue weighted by Crippen LogP contribution is 2.34. The maximum atomic E-state index is 12.1. The maximum Gasteiger partial charge on any atom is 0.223 e. The molecule has 2 aliphatic rings. The summed E-state index contributed by atoms with van der Waals surface area (Å²) in [6.45, 7) is 5.83. The zero-order valence-electron chi connectivity index (χ0n) is 12.0. The molecule has 106 valence electrons. The number of amides is 1. The van der Waals surface area contributed by atoms with E-state index in [0.717, 1.165) is 31.2 Å². The predicted octanol–water partition coefficient (Wildman–Crippen LogP) is 3.36. The normalized spacial score (nSPS) is 31.6. The first-order valence-electron chi connectivity index (χ1n) is 7.42. The Morgan fingerprint density at radius 1 is 1.37 bits per heavy atom. The molecule has 0 spiro atoms. The van der Waals surface area contributed by atoms with Gasteiger partial charge in [-0.1, -0.05) is 19.0 Å². The van der Waals surface area contributed by atoms with Gasteiger partial charge in [-0.05, 0) is 49.0 Å². The summed E-state index contributed by atoms with van der Waals surface area (Å²) in [6, 6.07) is 0.429. The Balaban J connectivity index is 1.86. The summed E-state index contributed by atoms with van der Waals surface area (Å²) in [6.07, 6.45) is 5.33. The van der Waals surface area contributed by atoms with Crippen LogP contribution in [0.3, 0.4) is 0 Å². The van der Waals surface area contributed by atoms with Crippen molar-refractivity contribution in [3.63, 3.8) is 0 Å². The highest BCUT2D eigenvalue weighted by molar-refractivity contribution is 5.79. The minimum absolute atomic E-state index is 0.228. The third-order valence-corrected chi connectivity index (χ3v) is 4.77. The number of azide groups is 1. The zero-order valence-corrected chi connectivity index (χ0v) is 12.0. The van der Waals surface area contributed by atoms with Crippen molar-refractivity contribution in [1.29, 1.82) is 0 Å². The molecule has 2 rings (SSSR count). The summed E-state index contributed by atoms with van der Waals surface area (Å²) in [5.74, 6) is 2.07. The molecule has 1 atom stereocenters. The van der Waals surface area contributed by atoms with Crippen molar-refractivity contribution in [2.24, 2.45) is 22.9 Å². The lowest BCUT2D eigenvalue weighted by Gasteiger charge is -2.36. The molecule has 1 unspecified atom stereocenters. The molecule has 0 N–H and O–H groups in total. The minimum atomic E-state index is 0.228. The zero-order chi connectivity index (χ0) is 13.8. The molecule has 0 aromatic carbocycles. The summed E-state index contributed by atoms with van der Waals surface area (Å²) in [5.41, 5.74) is 8.35. The number of carbonyl (C=O) groups is 1. The lowest BCUT2D eigenvalue weighted by molar-refractivity contribution is -0.130. The van der Waals surface area contributed by atoms with Gasteiger partial charge in [0.25, 0.3) is 0 Å². The fraction of sp³-hybridized carbons (Fsp3) is 0.929. The molecular formula is C14H24N4O. The number of rotatable bonds is 4. The third-order valence-electron chi connectivity index (χ3n) is 4.77. The smallest absolute Gasteiger partial charge is 0.223 e. The first-order valence-corrected chi connectivity index (χ1v) is 7.42. The number of carbonyl (C=O) groups excluding carboxylic acids is 1. The van der Waals surface area contributed by atoms with Crippen LogP contribution in [0.4, 0.5) is 0 Å². The third kappa shape index (κ3) is 3.41. The molecule has 1 aliphatic carbocycles. The van der Waals surface area contributed by atoms with E-state index >= 15 is 0 Å². The van der Waals surface area contributed by atoms with Crippen LogP contribution in [0.15, 0.2) is 5.11 Å². The Morgan fingerprint density at radius 2 is 2.05 bits per heavy atom. The summed E-state index contributed by atoms with van der Waals surface area (Å²) in [7, 11) is 0. The highest BCUT2D eigenvalue weighted by atomic mass is 16.2. The molecule has 0 aromatic rings. The molecule has 1 heterocycles. The average molecular weight is 264 g/mol. The Bertz CT molecular complexity index is 368. The van der Waals surface area contributed by atoms with Gasteiger partial charge in [0.15, 0.2) is 0 Å². The number of hydrogen-bond acceptors (Lipinski definition) is 2. The monoisotopic (exact) mass is 264 g/mol. The van der Waals surface area contributed by atoms with Crippen LogP contribution in [0.25, 0.3) is 10.4 Å². The van der Waals surface area contributed by atoms with E-state index in [4.69, 9.17) is 5.53 Å². The van der Waals surface area contributed by atoms with Crippen molar-refractivity contribution < 1.29 is 4.79 Å².